The van der Waals surface area contributed by atoms with Crippen LogP contribution in [-0.2, 0) is 6.42 Å². The Hall–Kier alpha value is -1.39. The average Bonchev–Trinajstić information content (AvgIpc) is 2.83. The molecule has 5 heteroatoms. The molecular formula is C12H10ClNO2S. The molecule has 0 radical (unpaired) electrons. The molecule has 0 saturated heterocycles. The van der Waals surface area contributed by atoms with Gasteiger partial charge in [0.15, 0.2) is 5.78 Å². The van der Waals surface area contributed by atoms with Crippen LogP contribution in [0.25, 0.3) is 0 Å². The Kier molecular flexibility index (Phi) is 3.76. The molecular weight excluding hydrogens is 258 g/mol. The largest absolute Gasteiger partial charge is 0.496 e. The van der Waals surface area contributed by atoms with Crippen molar-refractivity contribution in [1.82, 2.24) is 4.98 Å². The maximum absolute atomic E-state index is 11.9. The summed E-state index contributed by atoms with van der Waals surface area (Å²) < 4.78 is 5.20. The number of aromatic nitrogens is 1. The van der Waals surface area contributed by atoms with Crippen LogP contribution in [0.3, 0.4) is 0 Å². The van der Waals surface area contributed by atoms with Gasteiger partial charge in [-0.15, -0.1) is 11.3 Å². The maximum atomic E-state index is 11.9. The Morgan fingerprint density at radius 2 is 2.35 bits per heavy atom. The number of Topliss-reactive ketones (excluding diaryl/α,β-unsaturated/α-hetero) is 1. The van der Waals surface area contributed by atoms with E-state index in [0.717, 1.165) is 5.56 Å². The molecule has 0 N–H and O–H groups in total. The number of carbonyl (C=O) groups excluding carboxylic acids is 1. The zero-order chi connectivity index (χ0) is 12.3. The molecule has 88 valence electrons. The molecule has 3 nitrogen and oxygen atoms in total. The molecule has 0 amide bonds. The Morgan fingerprint density at radius 1 is 1.53 bits per heavy atom. The van der Waals surface area contributed by atoms with E-state index >= 15 is 0 Å². The van der Waals surface area contributed by atoms with Gasteiger partial charge in [-0.2, -0.15) is 0 Å². The van der Waals surface area contributed by atoms with Crippen molar-refractivity contribution in [2.75, 3.05) is 7.11 Å². The lowest BCUT2D eigenvalue weighted by molar-refractivity contribution is 0.0996. The van der Waals surface area contributed by atoms with Gasteiger partial charge in [0.25, 0.3) is 0 Å². The van der Waals surface area contributed by atoms with Gasteiger partial charge < -0.3 is 4.74 Å². The number of ketones is 1. The molecule has 0 spiro atoms. The summed E-state index contributed by atoms with van der Waals surface area (Å²) in [5.41, 5.74) is 2.43. The highest BCUT2D eigenvalue weighted by molar-refractivity contribution is 7.11. The Labute approximate surface area is 108 Å². The van der Waals surface area contributed by atoms with E-state index in [4.69, 9.17) is 16.3 Å². The first-order valence-electron chi connectivity index (χ1n) is 4.95. The van der Waals surface area contributed by atoms with Gasteiger partial charge >= 0.3 is 0 Å². The first-order valence-corrected chi connectivity index (χ1v) is 6.20. The summed E-state index contributed by atoms with van der Waals surface area (Å²) in [6.45, 7) is 0. The van der Waals surface area contributed by atoms with E-state index in [1.165, 1.54) is 11.3 Å². The highest BCUT2D eigenvalue weighted by Crippen LogP contribution is 2.24. The number of rotatable bonds is 4. The van der Waals surface area contributed by atoms with E-state index in [1.807, 2.05) is 0 Å². The summed E-state index contributed by atoms with van der Waals surface area (Å²) in [5.74, 6) is 0.695. The van der Waals surface area contributed by atoms with Gasteiger partial charge in [0.05, 0.1) is 17.5 Å². The number of hydrogen-bond acceptors (Lipinski definition) is 4. The molecule has 0 unspecified atom stereocenters. The second-order valence-electron chi connectivity index (χ2n) is 3.42. The topological polar surface area (TPSA) is 39.2 Å². The third-order valence-electron chi connectivity index (χ3n) is 2.30. The van der Waals surface area contributed by atoms with Gasteiger partial charge in [-0.3, -0.25) is 9.78 Å². The molecule has 0 saturated carbocycles. The van der Waals surface area contributed by atoms with Crippen LogP contribution in [0.15, 0.2) is 29.9 Å². The summed E-state index contributed by atoms with van der Waals surface area (Å²) in [4.78, 5) is 16.5. The van der Waals surface area contributed by atoms with Crippen molar-refractivity contribution in [3.63, 3.8) is 0 Å². The van der Waals surface area contributed by atoms with Crippen molar-refractivity contribution < 1.29 is 9.53 Å². The highest BCUT2D eigenvalue weighted by atomic mass is 35.5. The van der Waals surface area contributed by atoms with Gasteiger partial charge in [-0.1, -0.05) is 11.6 Å². The lowest BCUT2D eigenvalue weighted by Crippen LogP contribution is -2.03. The van der Waals surface area contributed by atoms with Crippen molar-refractivity contribution in [3.8, 4) is 5.75 Å². The lowest BCUT2D eigenvalue weighted by Gasteiger charge is -2.07. The molecule has 0 aliphatic rings. The summed E-state index contributed by atoms with van der Waals surface area (Å²) in [6, 6.07) is 5.25. The van der Waals surface area contributed by atoms with Gasteiger partial charge in [0.1, 0.15) is 5.75 Å². The fourth-order valence-electron chi connectivity index (χ4n) is 1.50. The van der Waals surface area contributed by atoms with Gasteiger partial charge in [0.2, 0.25) is 0 Å². The minimum absolute atomic E-state index is 0.0214. The van der Waals surface area contributed by atoms with Crippen LogP contribution >= 0.6 is 22.9 Å². The summed E-state index contributed by atoms with van der Waals surface area (Å²) >= 11 is 7.24. The molecule has 0 aliphatic heterocycles. The van der Waals surface area contributed by atoms with Crippen LogP contribution in [0.5, 0.6) is 5.75 Å². The van der Waals surface area contributed by atoms with Crippen LogP contribution in [0.4, 0.5) is 0 Å². The molecule has 2 rings (SSSR count). The van der Waals surface area contributed by atoms with Crippen molar-refractivity contribution in [3.05, 3.63) is 45.4 Å². The fourth-order valence-corrected chi connectivity index (χ4v) is 2.25. The molecule has 17 heavy (non-hydrogen) atoms. The predicted octanol–water partition coefficient (Wildman–Crippen LogP) is 3.23. The average molecular weight is 268 g/mol. The Morgan fingerprint density at radius 3 is 3.00 bits per heavy atom. The molecule has 0 atom stereocenters. The number of methoxy groups -OCH3 is 1. The van der Waals surface area contributed by atoms with Crippen molar-refractivity contribution >= 4 is 28.7 Å². The minimum atomic E-state index is 0.0214. The quantitative estimate of drug-likeness (QED) is 0.799. The summed E-state index contributed by atoms with van der Waals surface area (Å²) in [5, 5.41) is 0.595. The monoisotopic (exact) mass is 267 g/mol. The third kappa shape index (κ3) is 2.84. The lowest BCUT2D eigenvalue weighted by atomic mass is 10.1. The molecule has 1 aromatic heterocycles. The molecule has 0 bridgehead atoms. The zero-order valence-corrected chi connectivity index (χ0v) is 10.7. The first-order chi connectivity index (χ1) is 8.20. The number of halogens is 1. The number of carbonyl (C=O) groups is 1. The second kappa shape index (κ2) is 5.29. The smallest absolute Gasteiger partial charge is 0.178 e. The van der Waals surface area contributed by atoms with Crippen molar-refractivity contribution in [2.45, 2.75) is 6.42 Å². The van der Waals surface area contributed by atoms with E-state index in [-0.39, 0.29) is 12.2 Å². The number of hydrogen-bond donors (Lipinski definition) is 0. The standard InChI is InChI=1S/C12H10ClNO2S/c1-16-11-3-2-9(13)4-8(11)5-10(15)12-6-14-7-17-12/h2-4,6-7H,5H2,1H3. The molecule has 1 aromatic carbocycles. The molecule has 1 heterocycles. The van der Waals surface area contributed by atoms with Crippen LogP contribution in [0.1, 0.15) is 15.2 Å². The van der Waals surface area contributed by atoms with Crippen LogP contribution in [-0.4, -0.2) is 17.9 Å². The van der Waals surface area contributed by atoms with Crippen molar-refractivity contribution in [1.29, 1.82) is 0 Å². The van der Waals surface area contributed by atoms with E-state index < -0.39 is 0 Å². The second-order valence-corrected chi connectivity index (χ2v) is 4.74. The summed E-state index contributed by atoms with van der Waals surface area (Å²) in [6.07, 6.45) is 1.84. The minimum Gasteiger partial charge on any atom is -0.496 e. The van der Waals surface area contributed by atoms with Gasteiger partial charge in [-0.25, -0.2) is 0 Å². The molecule has 2 aromatic rings. The third-order valence-corrected chi connectivity index (χ3v) is 3.35. The van der Waals surface area contributed by atoms with E-state index in [2.05, 4.69) is 4.98 Å². The predicted molar refractivity (Wildman–Crippen MR) is 68.2 cm³/mol. The van der Waals surface area contributed by atoms with Gasteiger partial charge in [-0.05, 0) is 18.2 Å². The van der Waals surface area contributed by atoms with Crippen LogP contribution < -0.4 is 4.74 Å². The zero-order valence-electron chi connectivity index (χ0n) is 9.14. The fraction of sp³-hybridized carbons (Fsp3) is 0.167. The number of thiazole rings is 1. The molecule has 0 aliphatic carbocycles. The molecule has 0 fully saturated rings. The highest BCUT2D eigenvalue weighted by Gasteiger charge is 2.12. The Balaban J connectivity index is 2.23. The number of nitrogens with zero attached hydrogens (tertiary/aromatic N) is 1. The van der Waals surface area contributed by atoms with Crippen LogP contribution in [0, 0.1) is 0 Å². The SMILES string of the molecule is COc1ccc(Cl)cc1CC(=O)c1cncs1. The van der Waals surface area contributed by atoms with Crippen molar-refractivity contribution in [2.24, 2.45) is 0 Å². The van der Waals surface area contributed by atoms with E-state index in [9.17, 15) is 4.79 Å². The van der Waals surface area contributed by atoms with Crippen LogP contribution in [0.2, 0.25) is 5.02 Å². The van der Waals surface area contributed by atoms with Gasteiger partial charge in [0, 0.05) is 23.2 Å². The Bertz CT molecular complexity index is 525. The van der Waals surface area contributed by atoms with E-state index in [0.29, 0.717) is 15.6 Å². The summed E-state index contributed by atoms with van der Waals surface area (Å²) in [7, 11) is 1.57. The normalized spacial score (nSPS) is 10.2. The van der Waals surface area contributed by atoms with E-state index in [1.54, 1.807) is 37.0 Å². The first kappa shape index (κ1) is 12.1. The number of benzene rings is 1. The maximum Gasteiger partial charge on any atom is 0.178 e. The number of ether oxygens (including phenoxy) is 1.